The summed E-state index contributed by atoms with van der Waals surface area (Å²) in [7, 11) is 2.13. The van der Waals surface area contributed by atoms with Crippen molar-refractivity contribution in [1.82, 2.24) is 0 Å². The first kappa shape index (κ1) is 16.1. The third-order valence-corrected chi connectivity index (χ3v) is 4.19. The number of carbonyl (C=O) groups is 4. The lowest BCUT2D eigenvalue weighted by Crippen LogP contribution is -2.57. The monoisotopic (exact) mass is 330 g/mol. The molecule has 0 bridgehead atoms. The molecule has 0 aromatic heterocycles. The topological polar surface area (TPSA) is 96.0 Å². The maximum absolute atomic E-state index is 12.9. The Morgan fingerprint density at radius 3 is 2.08 bits per heavy atom. The van der Waals surface area contributed by atoms with E-state index < -0.39 is 29.1 Å². The van der Waals surface area contributed by atoms with Gasteiger partial charge in [0.1, 0.15) is 0 Å². The first-order chi connectivity index (χ1) is 11.5. The largest absolute Gasteiger partial charge is 0.466 e. The summed E-state index contributed by atoms with van der Waals surface area (Å²) in [5.41, 5.74) is -2.25. The molecule has 0 saturated carbocycles. The van der Waals surface area contributed by atoms with Crippen molar-refractivity contribution in [3.8, 4) is 0 Å². The van der Waals surface area contributed by atoms with E-state index in [0.717, 1.165) is 14.2 Å². The minimum absolute atomic E-state index is 0.0840. The Balaban J connectivity index is 2.31. The Hall–Kier alpha value is -2.80. The first-order valence-corrected chi connectivity index (χ1v) is 7.21. The lowest BCUT2D eigenvalue weighted by Gasteiger charge is -2.36. The second-order valence-corrected chi connectivity index (χ2v) is 5.32. The van der Waals surface area contributed by atoms with Crippen LogP contribution >= 0.6 is 0 Å². The molecule has 0 fully saturated rings. The average molecular weight is 330 g/mol. The van der Waals surface area contributed by atoms with Crippen molar-refractivity contribution in [2.24, 2.45) is 0 Å². The van der Waals surface area contributed by atoms with Gasteiger partial charge in [-0.15, -0.1) is 0 Å². The maximum atomic E-state index is 12.9. The predicted molar refractivity (Wildman–Crippen MR) is 79.5 cm³/mol. The van der Waals surface area contributed by atoms with Gasteiger partial charge in [-0.25, -0.2) is 9.59 Å². The molecule has 1 aromatic carbocycles. The van der Waals surface area contributed by atoms with Crippen LogP contribution in [0.5, 0.6) is 0 Å². The maximum Gasteiger partial charge on any atom is 0.355 e. The van der Waals surface area contributed by atoms with Gasteiger partial charge in [0.15, 0.2) is 11.6 Å². The van der Waals surface area contributed by atoms with E-state index >= 15 is 0 Å². The summed E-state index contributed by atoms with van der Waals surface area (Å²) < 4.78 is 14.7. The fraction of sp³-hybridized carbons (Fsp3) is 0.294. The zero-order valence-corrected chi connectivity index (χ0v) is 13.1. The molecule has 24 heavy (non-hydrogen) atoms. The molecule has 1 aliphatic carbocycles. The van der Waals surface area contributed by atoms with Gasteiger partial charge in [0, 0.05) is 23.1 Å². The van der Waals surface area contributed by atoms with Crippen LogP contribution in [0.2, 0.25) is 0 Å². The average Bonchev–Trinajstić information content (AvgIpc) is 2.63. The predicted octanol–water partition coefficient (Wildman–Crippen LogP) is 0.867. The van der Waals surface area contributed by atoms with Crippen LogP contribution in [0.1, 0.15) is 27.1 Å². The summed E-state index contributed by atoms with van der Waals surface area (Å²) in [4.78, 5) is 50.4. The summed E-state index contributed by atoms with van der Waals surface area (Å²) in [5, 5.41) is 0. The second-order valence-electron chi connectivity index (χ2n) is 5.32. The van der Waals surface area contributed by atoms with Gasteiger partial charge in [-0.1, -0.05) is 24.3 Å². The number of hydrogen-bond donors (Lipinski definition) is 0. The van der Waals surface area contributed by atoms with Gasteiger partial charge in [0.25, 0.3) is 5.60 Å². The highest BCUT2D eigenvalue weighted by molar-refractivity contribution is 6.32. The molecule has 0 spiro atoms. The highest BCUT2D eigenvalue weighted by Crippen LogP contribution is 2.40. The van der Waals surface area contributed by atoms with E-state index in [1.807, 2.05) is 0 Å². The van der Waals surface area contributed by atoms with Gasteiger partial charge >= 0.3 is 11.9 Å². The number of benzene rings is 1. The molecule has 124 valence electrons. The summed E-state index contributed by atoms with van der Waals surface area (Å²) in [6.45, 7) is -0.0930. The van der Waals surface area contributed by atoms with Crippen LogP contribution in [0.4, 0.5) is 0 Å². The third-order valence-electron chi connectivity index (χ3n) is 4.19. The van der Waals surface area contributed by atoms with Crippen LogP contribution in [-0.2, 0) is 23.8 Å². The molecule has 1 heterocycles. The zero-order chi connectivity index (χ0) is 17.5. The molecule has 1 aliphatic heterocycles. The van der Waals surface area contributed by atoms with Crippen LogP contribution < -0.4 is 0 Å². The number of fused-ring (bicyclic) bond motifs is 1. The van der Waals surface area contributed by atoms with Crippen molar-refractivity contribution in [3.05, 3.63) is 46.5 Å². The number of ketones is 2. The SMILES string of the molecule is COC(=O)C1(C(=O)OC)OCCC2=C1C(=O)c1ccccc1C2=O. The Morgan fingerprint density at radius 1 is 1.00 bits per heavy atom. The highest BCUT2D eigenvalue weighted by atomic mass is 16.6. The van der Waals surface area contributed by atoms with E-state index in [2.05, 4.69) is 9.47 Å². The molecule has 3 rings (SSSR count). The second kappa shape index (κ2) is 5.68. The Labute approximate surface area is 137 Å². The van der Waals surface area contributed by atoms with Crippen molar-refractivity contribution in [3.63, 3.8) is 0 Å². The summed E-state index contributed by atoms with van der Waals surface area (Å²) in [6, 6.07) is 6.24. The third kappa shape index (κ3) is 1.94. The molecule has 7 nitrogen and oxygen atoms in total. The van der Waals surface area contributed by atoms with Gasteiger partial charge in [0.05, 0.1) is 26.4 Å². The van der Waals surface area contributed by atoms with Gasteiger partial charge in [0.2, 0.25) is 0 Å². The molecule has 0 saturated heterocycles. The van der Waals surface area contributed by atoms with Crippen molar-refractivity contribution in [2.45, 2.75) is 12.0 Å². The quantitative estimate of drug-likeness (QED) is 0.586. The van der Waals surface area contributed by atoms with E-state index in [1.165, 1.54) is 12.1 Å². The van der Waals surface area contributed by atoms with Gasteiger partial charge in [-0.05, 0) is 0 Å². The van der Waals surface area contributed by atoms with Crippen molar-refractivity contribution < 1.29 is 33.4 Å². The number of Topliss-reactive ketones (excluding diaryl/α,β-unsaturated/α-hetero) is 2. The molecule has 0 unspecified atom stereocenters. The Kier molecular flexibility index (Phi) is 3.81. The number of methoxy groups -OCH3 is 2. The van der Waals surface area contributed by atoms with Gasteiger partial charge in [-0.2, -0.15) is 0 Å². The van der Waals surface area contributed by atoms with Crippen LogP contribution in [0.15, 0.2) is 35.4 Å². The molecule has 7 heteroatoms. The molecule has 0 radical (unpaired) electrons. The molecule has 0 atom stereocenters. The number of rotatable bonds is 2. The van der Waals surface area contributed by atoms with Crippen molar-refractivity contribution >= 4 is 23.5 Å². The number of carbonyl (C=O) groups excluding carboxylic acids is 4. The van der Waals surface area contributed by atoms with E-state index in [9.17, 15) is 19.2 Å². The van der Waals surface area contributed by atoms with Crippen molar-refractivity contribution in [1.29, 1.82) is 0 Å². The van der Waals surface area contributed by atoms with Crippen LogP contribution in [-0.4, -0.2) is 49.9 Å². The van der Waals surface area contributed by atoms with Crippen LogP contribution in [0.3, 0.4) is 0 Å². The molecule has 1 aromatic rings. The Morgan fingerprint density at radius 2 is 1.54 bits per heavy atom. The summed E-state index contributed by atoms with van der Waals surface area (Å²) in [6.07, 6.45) is 0.115. The van der Waals surface area contributed by atoms with Crippen LogP contribution in [0, 0.1) is 0 Å². The molecule has 0 N–H and O–H groups in total. The number of hydrogen-bond acceptors (Lipinski definition) is 7. The lowest BCUT2D eigenvalue weighted by atomic mass is 9.74. The fourth-order valence-corrected chi connectivity index (χ4v) is 3.11. The normalized spacial score (nSPS) is 18.6. The van der Waals surface area contributed by atoms with Gasteiger partial charge in [-0.3, -0.25) is 9.59 Å². The van der Waals surface area contributed by atoms with E-state index in [4.69, 9.17) is 4.74 Å². The summed E-state index contributed by atoms with van der Waals surface area (Å²) >= 11 is 0. The molecular formula is C17H14O7. The molecular weight excluding hydrogens is 316 g/mol. The minimum atomic E-state index is -2.38. The minimum Gasteiger partial charge on any atom is -0.466 e. The summed E-state index contributed by atoms with van der Waals surface area (Å²) in [5.74, 6) is -3.21. The number of ether oxygens (including phenoxy) is 3. The first-order valence-electron chi connectivity index (χ1n) is 7.21. The standard InChI is InChI=1S/C17H14O7/c1-22-15(20)17(16(21)23-2)12-11(7-8-24-17)13(18)9-5-3-4-6-10(9)14(12)19/h3-6H,7-8H2,1-2H3. The Bertz CT molecular complexity index is 787. The lowest BCUT2D eigenvalue weighted by molar-refractivity contribution is -0.183. The van der Waals surface area contributed by atoms with E-state index in [-0.39, 0.29) is 35.3 Å². The highest BCUT2D eigenvalue weighted by Gasteiger charge is 2.60. The smallest absolute Gasteiger partial charge is 0.355 e. The van der Waals surface area contributed by atoms with Gasteiger partial charge < -0.3 is 14.2 Å². The van der Waals surface area contributed by atoms with Crippen LogP contribution in [0.25, 0.3) is 0 Å². The molecule has 2 aliphatic rings. The number of esters is 2. The fourth-order valence-electron chi connectivity index (χ4n) is 3.11. The molecule has 0 amide bonds. The van der Waals surface area contributed by atoms with E-state index in [0.29, 0.717) is 0 Å². The van der Waals surface area contributed by atoms with Crippen molar-refractivity contribution in [2.75, 3.05) is 20.8 Å². The van der Waals surface area contributed by atoms with E-state index in [1.54, 1.807) is 12.1 Å². The zero-order valence-electron chi connectivity index (χ0n) is 13.1.